The van der Waals surface area contributed by atoms with Gasteiger partial charge in [-0.05, 0) is 45.0 Å². The van der Waals surface area contributed by atoms with E-state index >= 15 is 0 Å². The van der Waals surface area contributed by atoms with Crippen LogP contribution in [0.15, 0.2) is 12.1 Å². The minimum atomic E-state index is -0.0707. The first-order chi connectivity index (χ1) is 9.16. The van der Waals surface area contributed by atoms with E-state index in [4.69, 9.17) is 11.6 Å². The van der Waals surface area contributed by atoms with Crippen molar-refractivity contribution in [3.63, 3.8) is 0 Å². The van der Waals surface area contributed by atoms with Crippen molar-refractivity contribution in [1.29, 1.82) is 0 Å². The van der Waals surface area contributed by atoms with E-state index < -0.39 is 0 Å². The molecule has 1 aromatic rings. The summed E-state index contributed by atoms with van der Waals surface area (Å²) in [5.41, 5.74) is 1.27. The standard InChI is InChI=1S/C14H20ClN3O/c1-11-12(5-6-13(15)17-11)14(19)16-7-10-18-8-3-2-4-9-18/h5-6H,2-4,7-10H2,1H3,(H,16,19). The topological polar surface area (TPSA) is 45.2 Å². The lowest BCUT2D eigenvalue weighted by Gasteiger charge is -2.26. The predicted molar refractivity (Wildman–Crippen MR) is 76.6 cm³/mol. The second-order valence-electron chi connectivity index (χ2n) is 4.93. The molecule has 0 saturated carbocycles. The van der Waals surface area contributed by atoms with Crippen LogP contribution in [0, 0.1) is 6.92 Å². The number of aromatic nitrogens is 1. The summed E-state index contributed by atoms with van der Waals surface area (Å²) in [5, 5.41) is 3.36. The molecule has 1 aliphatic heterocycles. The van der Waals surface area contributed by atoms with Crippen molar-refractivity contribution in [2.24, 2.45) is 0 Å². The van der Waals surface area contributed by atoms with Gasteiger partial charge < -0.3 is 10.2 Å². The Balaban J connectivity index is 1.80. The second kappa shape index (κ2) is 6.87. The Morgan fingerprint density at radius 1 is 1.37 bits per heavy atom. The van der Waals surface area contributed by atoms with Gasteiger partial charge in [-0.25, -0.2) is 4.98 Å². The molecular weight excluding hydrogens is 262 g/mol. The zero-order valence-corrected chi connectivity index (χ0v) is 12.0. The number of carbonyl (C=O) groups excluding carboxylic acids is 1. The van der Waals surface area contributed by atoms with E-state index in [0.717, 1.165) is 19.6 Å². The highest BCUT2D eigenvalue weighted by Crippen LogP contribution is 2.11. The zero-order valence-electron chi connectivity index (χ0n) is 11.3. The number of hydrogen-bond donors (Lipinski definition) is 1. The van der Waals surface area contributed by atoms with Crippen molar-refractivity contribution in [2.75, 3.05) is 26.2 Å². The zero-order chi connectivity index (χ0) is 13.7. The van der Waals surface area contributed by atoms with Crippen molar-refractivity contribution in [1.82, 2.24) is 15.2 Å². The lowest BCUT2D eigenvalue weighted by atomic mass is 10.1. The molecule has 104 valence electrons. The molecule has 0 aliphatic carbocycles. The average Bonchev–Trinajstić information content (AvgIpc) is 2.39. The summed E-state index contributed by atoms with van der Waals surface area (Å²) in [6.07, 6.45) is 3.88. The van der Waals surface area contributed by atoms with Crippen LogP contribution in [0.4, 0.5) is 0 Å². The van der Waals surface area contributed by atoms with Crippen LogP contribution >= 0.6 is 11.6 Å². The van der Waals surface area contributed by atoms with Crippen LogP contribution in [0.25, 0.3) is 0 Å². The molecule has 1 N–H and O–H groups in total. The summed E-state index contributed by atoms with van der Waals surface area (Å²) in [7, 11) is 0. The molecule has 2 heterocycles. The molecule has 5 heteroatoms. The highest BCUT2D eigenvalue weighted by atomic mass is 35.5. The number of piperidine rings is 1. The minimum Gasteiger partial charge on any atom is -0.351 e. The smallest absolute Gasteiger partial charge is 0.253 e. The Morgan fingerprint density at radius 2 is 2.11 bits per heavy atom. The third kappa shape index (κ3) is 4.18. The number of aryl methyl sites for hydroxylation is 1. The van der Waals surface area contributed by atoms with E-state index in [1.54, 1.807) is 19.1 Å². The third-order valence-electron chi connectivity index (χ3n) is 3.46. The normalized spacial score (nSPS) is 16.3. The van der Waals surface area contributed by atoms with Crippen LogP contribution in [0.3, 0.4) is 0 Å². The van der Waals surface area contributed by atoms with Crippen LogP contribution in [-0.2, 0) is 0 Å². The van der Waals surface area contributed by atoms with Crippen molar-refractivity contribution >= 4 is 17.5 Å². The number of halogens is 1. The number of hydrogen-bond acceptors (Lipinski definition) is 3. The van der Waals surface area contributed by atoms with E-state index in [1.165, 1.54) is 19.3 Å². The van der Waals surface area contributed by atoms with E-state index in [2.05, 4.69) is 15.2 Å². The summed E-state index contributed by atoms with van der Waals surface area (Å²) in [5.74, 6) is -0.0707. The van der Waals surface area contributed by atoms with Crippen LogP contribution in [0.5, 0.6) is 0 Å². The number of nitrogens with zero attached hydrogens (tertiary/aromatic N) is 2. The quantitative estimate of drug-likeness (QED) is 0.861. The molecule has 1 amide bonds. The van der Waals surface area contributed by atoms with E-state index in [-0.39, 0.29) is 5.91 Å². The number of carbonyl (C=O) groups is 1. The van der Waals surface area contributed by atoms with E-state index in [9.17, 15) is 4.79 Å². The molecule has 0 aromatic carbocycles. The highest BCUT2D eigenvalue weighted by Gasteiger charge is 2.12. The number of pyridine rings is 1. The van der Waals surface area contributed by atoms with Crippen molar-refractivity contribution in [3.05, 3.63) is 28.5 Å². The highest BCUT2D eigenvalue weighted by molar-refractivity contribution is 6.29. The van der Waals surface area contributed by atoms with Gasteiger partial charge in [-0.2, -0.15) is 0 Å². The Hall–Kier alpha value is -1.13. The van der Waals surface area contributed by atoms with Crippen molar-refractivity contribution in [3.8, 4) is 0 Å². The maximum Gasteiger partial charge on any atom is 0.253 e. The predicted octanol–water partition coefficient (Wildman–Crippen LogP) is 2.26. The van der Waals surface area contributed by atoms with Gasteiger partial charge in [0.05, 0.1) is 11.3 Å². The molecule has 0 spiro atoms. The number of nitrogens with one attached hydrogen (secondary N) is 1. The Kier molecular flexibility index (Phi) is 5.16. The Bertz CT molecular complexity index is 444. The van der Waals surface area contributed by atoms with Gasteiger partial charge in [-0.3, -0.25) is 4.79 Å². The first kappa shape index (κ1) is 14.3. The Morgan fingerprint density at radius 3 is 2.79 bits per heavy atom. The van der Waals surface area contributed by atoms with Crippen LogP contribution in [-0.4, -0.2) is 42.0 Å². The lowest BCUT2D eigenvalue weighted by molar-refractivity contribution is 0.0945. The van der Waals surface area contributed by atoms with Crippen LogP contribution in [0.2, 0.25) is 5.15 Å². The fourth-order valence-corrected chi connectivity index (χ4v) is 2.57. The molecule has 0 radical (unpaired) electrons. The maximum absolute atomic E-state index is 12.0. The van der Waals surface area contributed by atoms with Crippen molar-refractivity contribution < 1.29 is 4.79 Å². The molecule has 1 aliphatic rings. The second-order valence-corrected chi connectivity index (χ2v) is 5.31. The molecular formula is C14H20ClN3O. The van der Waals surface area contributed by atoms with Gasteiger partial charge in [-0.1, -0.05) is 18.0 Å². The minimum absolute atomic E-state index is 0.0707. The summed E-state index contributed by atoms with van der Waals surface area (Å²) in [4.78, 5) is 18.5. The monoisotopic (exact) mass is 281 g/mol. The van der Waals surface area contributed by atoms with Gasteiger partial charge in [0.25, 0.3) is 5.91 Å². The number of amides is 1. The molecule has 4 nitrogen and oxygen atoms in total. The molecule has 1 aromatic heterocycles. The van der Waals surface area contributed by atoms with Crippen LogP contribution < -0.4 is 5.32 Å². The summed E-state index contributed by atoms with van der Waals surface area (Å²) in [6, 6.07) is 3.37. The summed E-state index contributed by atoms with van der Waals surface area (Å²) >= 11 is 5.78. The number of likely N-dealkylation sites (tertiary alicyclic amines) is 1. The van der Waals surface area contributed by atoms with Gasteiger partial charge >= 0.3 is 0 Å². The lowest BCUT2D eigenvalue weighted by Crippen LogP contribution is -2.37. The fraction of sp³-hybridized carbons (Fsp3) is 0.571. The first-order valence-corrected chi connectivity index (χ1v) is 7.18. The van der Waals surface area contributed by atoms with E-state index in [1.807, 2.05) is 0 Å². The molecule has 0 bridgehead atoms. The molecule has 2 rings (SSSR count). The maximum atomic E-state index is 12.0. The van der Waals surface area contributed by atoms with Gasteiger partial charge in [0.2, 0.25) is 0 Å². The Labute approximate surface area is 119 Å². The largest absolute Gasteiger partial charge is 0.351 e. The SMILES string of the molecule is Cc1nc(Cl)ccc1C(=O)NCCN1CCCCC1. The number of rotatable bonds is 4. The first-order valence-electron chi connectivity index (χ1n) is 6.80. The van der Waals surface area contributed by atoms with Crippen molar-refractivity contribution in [2.45, 2.75) is 26.2 Å². The molecule has 1 saturated heterocycles. The van der Waals surface area contributed by atoms with Gasteiger partial charge in [0.15, 0.2) is 0 Å². The van der Waals surface area contributed by atoms with Gasteiger partial charge in [0.1, 0.15) is 5.15 Å². The molecule has 0 atom stereocenters. The van der Waals surface area contributed by atoms with E-state index in [0.29, 0.717) is 23.0 Å². The average molecular weight is 282 g/mol. The van der Waals surface area contributed by atoms with Crippen LogP contribution in [0.1, 0.15) is 35.3 Å². The molecule has 0 unspecified atom stereocenters. The summed E-state index contributed by atoms with van der Waals surface area (Å²) < 4.78 is 0. The van der Waals surface area contributed by atoms with Gasteiger partial charge in [0, 0.05) is 13.1 Å². The molecule has 19 heavy (non-hydrogen) atoms. The fourth-order valence-electron chi connectivity index (χ4n) is 2.38. The van der Waals surface area contributed by atoms with Gasteiger partial charge in [-0.15, -0.1) is 0 Å². The molecule has 1 fully saturated rings. The summed E-state index contributed by atoms with van der Waals surface area (Å²) in [6.45, 7) is 5.70. The third-order valence-corrected chi connectivity index (χ3v) is 3.67.